The zero-order chi connectivity index (χ0) is 11.7. The van der Waals surface area contributed by atoms with E-state index in [2.05, 4.69) is 0 Å². The Hall–Kier alpha value is -1.17. The Kier molecular flexibility index (Phi) is 3.28. The Labute approximate surface area is 82.1 Å². The molecule has 0 aromatic heterocycles. The molecule has 1 aromatic rings. The Morgan fingerprint density at radius 2 is 1.20 bits per heavy atom. The molecular formula is C9H6F5O. The molecule has 0 bridgehead atoms. The van der Waals surface area contributed by atoms with Gasteiger partial charge in [0, 0.05) is 11.5 Å². The van der Waals surface area contributed by atoms with Gasteiger partial charge in [0.1, 0.15) is 0 Å². The average Bonchev–Trinajstić information content (AvgIpc) is 2.23. The van der Waals surface area contributed by atoms with E-state index < -0.39 is 41.3 Å². The summed E-state index contributed by atoms with van der Waals surface area (Å²) in [6.07, 6.45) is 0. The van der Waals surface area contributed by atoms with Gasteiger partial charge in [0.2, 0.25) is 5.82 Å². The fourth-order valence-corrected chi connectivity index (χ4v) is 1.06. The molecule has 0 saturated heterocycles. The Bertz CT molecular complexity index is 362. The number of aliphatic hydroxyl groups is 1. The van der Waals surface area contributed by atoms with E-state index in [0.29, 0.717) is 0 Å². The van der Waals surface area contributed by atoms with Crippen LogP contribution in [0.3, 0.4) is 0 Å². The smallest absolute Gasteiger partial charge is 0.200 e. The molecule has 83 valence electrons. The molecule has 0 saturated carbocycles. The fourth-order valence-electron chi connectivity index (χ4n) is 1.06. The predicted molar refractivity (Wildman–Crippen MR) is 41.3 cm³/mol. The molecule has 0 fully saturated rings. The zero-order valence-corrected chi connectivity index (χ0v) is 7.54. The van der Waals surface area contributed by atoms with Crippen molar-refractivity contribution in [3.8, 4) is 0 Å². The molecule has 0 unspecified atom stereocenters. The van der Waals surface area contributed by atoms with Crippen LogP contribution >= 0.6 is 0 Å². The summed E-state index contributed by atoms with van der Waals surface area (Å²) in [5, 5.41) is 8.58. The number of halogens is 5. The van der Waals surface area contributed by atoms with Crippen molar-refractivity contribution < 1.29 is 27.1 Å². The monoisotopic (exact) mass is 225 g/mol. The molecule has 0 spiro atoms. The topological polar surface area (TPSA) is 20.2 Å². The van der Waals surface area contributed by atoms with Crippen LogP contribution in [0.25, 0.3) is 0 Å². The summed E-state index contributed by atoms with van der Waals surface area (Å²) in [5.74, 6) is -10.4. The zero-order valence-electron chi connectivity index (χ0n) is 7.54. The van der Waals surface area contributed by atoms with Crippen molar-refractivity contribution in [2.75, 3.05) is 6.61 Å². The lowest BCUT2D eigenvalue weighted by Crippen LogP contribution is -2.12. The summed E-state index contributed by atoms with van der Waals surface area (Å²) in [7, 11) is 0. The van der Waals surface area contributed by atoms with Crippen LogP contribution in [0.15, 0.2) is 0 Å². The first-order valence-corrected chi connectivity index (χ1v) is 3.86. The quantitative estimate of drug-likeness (QED) is 0.465. The number of rotatable bonds is 2. The highest BCUT2D eigenvalue weighted by Crippen LogP contribution is 2.27. The van der Waals surface area contributed by atoms with Gasteiger partial charge in [-0.05, 0) is 0 Å². The summed E-state index contributed by atoms with van der Waals surface area (Å²) < 4.78 is 63.8. The van der Waals surface area contributed by atoms with Crippen molar-refractivity contribution in [1.82, 2.24) is 0 Å². The summed E-state index contributed by atoms with van der Waals surface area (Å²) in [6, 6.07) is 0. The lowest BCUT2D eigenvalue weighted by Gasteiger charge is -2.11. The van der Waals surface area contributed by atoms with E-state index in [9.17, 15) is 22.0 Å². The normalized spacial score (nSPS) is 11.2. The van der Waals surface area contributed by atoms with Crippen LogP contribution in [0, 0.1) is 35.0 Å². The van der Waals surface area contributed by atoms with Gasteiger partial charge in [-0.15, -0.1) is 0 Å². The first kappa shape index (κ1) is 11.9. The van der Waals surface area contributed by atoms with E-state index in [0.717, 1.165) is 6.92 Å². The highest BCUT2D eigenvalue weighted by molar-refractivity contribution is 5.34. The van der Waals surface area contributed by atoms with Crippen molar-refractivity contribution >= 4 is 0 Å². The largest absolute Gasteiger partial charge is 0.395 e. The second kappa shape index (κ2) is 4.14. The average molecular weight is 225 g/mol. The third-order valence-corrected chi connectivity index (χ3v) is 1.87. The van der Waals surface area contributed by atoms with Gasteiger partial charge in [-0.3, -0.25) is 0 Å². The van der Waals surface area contributed by atoms with Crippen molar-refractivity contribution in [2.45, 2.75) is 6.92 Å². The second-order valence-corrected chi connectivity index (χ2v) is 2.88. The third kappa shape index (κ3) is 1.81. The van der Waals surface area contributed by atoms with Gasteiger partial charge in [0.15, 0.2) is 23.3 Å². The van der Waals surface area contributed by atoms with E-state index in [1.54, 1.807) is 0 Å². The highest BCUT2D eigenvalue weighted by Gasteiger charge is 2.28. The molecule has 1 nitrogen and oxygen atoms in total. The Morgan fingerprint density at radius 3 is 1.53 bits per heavy atom. The lowest BCUT2D eigenvalue weighted by atomic mass is 10.00. The summed E-state index contributed by atoms with van der Waals surface area (Å²) in [6.45, 7) is 0.274. The van der Waals surface area contributed by atoms with Gasteiger partial charge >= 0.3 is 0 Å². The SMILES string of the molecule is C[C](CO)c1c(F)c(F)c(F)c(F)c1F. The minimum Gasteiger partial charge on any atom is -0.395 e. The lowest BCUT2D eigenvalue weighted by molar-refractivity contribution is 0.306. The summed E-state index contributed by atoms with van der Waals surface area (Å²) >= 11 is 0. The van der Waals surface area contributed by atoms with Crippen LogP contribution in [0.5, 0.6) is 0 Å². The van der Waals surface area contributed by atoms with Gasteiger partial charge in [-0.1, -0.05) is 6.92 Å². The third-order valence-electron chi connectivity index (χ3n) is 1.87. The minimum absolute atomic E-state index is 0.331. The van der Waals surface area contributed by atoms with E-state index in [1.807, 2.05) is 0 Å². The van der Waals surface area contributed by atoms with Gasteiger partial charge < -0.3 is 5.11 Å². The number of hydrogen-bond acceptors (Lipinski definition) is 1. The molecule has 0 heterocycles. The molecular weight excluding hydrogens is 219 g/mol. The summed E-state index contributed by atoms with van der Waals surface area (Å²) in [5.41, 5.74) is -1.08. The molecule has 0 aliphatic heterocycles. The van der Waals surface area contributed by atoms with Crippen molar-refractivity contribution in [3.05, 3.63) is 40.6 Å². The molecule has 0 aliphatic carbocycles. The molecule has 0 amide bonds. The first-order valence-electron chi connectivity index (χ1n) is 3.86. The highest BCUT2D eigenvalue weighted by atomic mass is 19.2. The number of benzene rings is 1. The molecule has 0 aliphatic rings. The summed E-state index contributed by atoms with van der Waals surface area (Å²) in [4.78, 5) is 0. The van der Waals surface area contributed by atoms with Crippen LogP contribution in [0.1, 0.15) is 12.5 Å². The van der Waals surface area contributed by atoms with Crippen LogP contribution in [0.2, 0.25) is 0 Å². The molecule has 1 rings (SSSR count). The van der Waals surface area contributed by atoms with Gasteiger partial charge in [-0.2, -0.15) is 0 Å². The van der Waals surface area contributed by atoms with Crippen molar-refractivity contribution in [1.29, 1.82) is 0 Å². The van der Waals surface area contributed by atoms with Crippen molar-refractivity contribution in [3.63, 3.8) is 0 Å². The van der Waals surface area contributed by atoms with E-state index in [1.165, 1.54) is 0 Å². The molecule has 1 radical (unpaired) electrons. The second-order valence-electron chi connectivity index (χ2n) is 2.88. The standard InChI is InChI=1S/C9H6F5O/c1-3(2-15)4-5(10)7(12)9(14)8(13)6(4)11/h15H,2H2,1H3. The van der Waals surface area contributed by atoms with Crippen LogP contribution < -0.4 is 0 Å². The maximum absolute atomic E-state index is 13.0. The molecule has 1 aromatic carbocycles. The predicted octanol–water partition coefficient (Wildman–Crippen LogP) is 2.32. The fraction of sp³-hybridized carbons (Fsp3) is 0.222. The maximum Gasteiger partial charge on any atom is 0.200 e. The molecule has 0 atom stereocenters. The Balaban J connectivity index is 3.52. The molecule has 1 N–H and O–H groups in total. The van der Waals surface area contributed by atoms with E-state index in [-0.39, 0.29) is 5.92 Å². The van der Waals surface area contributed by atoms with Gasteiger partial charge in [-0.25, -0.2) is 22.0 Å². The van der Waals surface area contributed by atoms with Crippen LogP contribution in [0.4, 0.5) is 22.0 Å². The maximum atomic E-state index is 13.0. The van der Waals surface area contributed by atoms with Gasteiger partial charge in [0.05, 0.1) is 6.61 Å². The van der Waals surface area contributed by atoms with Crippen LogP contribution in [-0.4, -0.2) is 11.7 Å². The van der Waals surface area contributed by atoms with Crippen LogP contribution in [-0.2, 0) is 0 Å². The first-order chi connectivity index (χ1) is 6.91. The van der Waals surface area contributed by atoms with Gasteiger partial charge in [0.25, 0.3) is 0 Å². The minimum atomic E-state index is -2.21. The van der Waals surface area contributed by atoms with Crippen molar-refractivity contribution in [2.24, 2.45) is 0 Å². The number of aliphatic hydroxyl groups excluding tert-OH is 1. The van der Waals surface area contributed by atoms with E-state index >= 15 is 0 Å². The molecule has 6 heteroatoms. The van der Waals surface area contributed by atoms with E-state index in [4.69, 9.17) is 5.11 Å². The Morgan fingerprint density at radius 1 is 0.867 bits per heavy atom. The molecule has 15 heavy (non-hydrogen) atoms. The number of hydrogen-bond donors (Lipinski definition) is 1.